The summed E-state index contributed by atoms with van der Waals surface area (Å²) in [6.45, 7) is 0.976. The predicted molar refractivity (Wildman–Crippen MR) is 76.5 cm³/mol. The molecule has 2 rings (SSSR count). The van der Waals surface area contributed by atoms with Crippen LogP contribution in [0.5, 0.6) is 0 Å². The molecule has 0 aromatic heterocycles. The van der Waals surface area contributed by atoms with Crippen LogP contribution in [0.2, 0.25) is 0 Å². The van der Waals surface area contributed by atoms with Crippen molar-refractivity contribution in [1.29, 1.82) is 0 Å². The van der Waals surface area contributed by atoms with Gasteiger partial charge in [0.05, 0.1) is 5.54 Å². The molecule has 1 aliphatic rings. The average molecular weight is 261 g/mol. The van der Waals surface area contributed by atoms with Gasteiger partial charge in [-0.1, -0.05) is 30.3 Å². The second kappa shape index (κ2) is 5.72. The van der Waals surface area contributed by atoms with Gasteiger partial charge >= 0.3 is 0 Å². The highest BCUT2D eigenvalue weighted by Crippen LogP contribution is 2.30. The molecule has 4 N–H and O–H groups in total. The summed E-state index contributed by atoms with van der Waals surface area (Å²) in [5, 5.41) is 0. The van der Waals surface area contributed by atoms with Gasteiger partial charge in [0.15, 0.2) is 0 Å². The quantitative estimate of drug-likeness (QED) is 0.827. The maximum absolute atomic E-state index is 11.3. The van der Waals surface area contributed by atoms with Gasteiger partial charge in [-0.15, -0.1) is 0 Å². The molecule has 0 aliphatic heterocycles. The van der Waals surface area contributed by atoms with Gasteiger partial charge < -0.3 is 16.4 Å². The van der Waals surface area contributed by atoms with Crippen molar-refractivity contribution in [3.05, 3.63) is 35.9 Å². The van der Waals surface area contributed by atoms with E-state index >= 15 is 0 Å². The summed E-state index contributed by atoms with van der Waals surface area (Å²) < 4.78 is 0. The van der Waals surface area contributed by atoms with Crippen molar-refractivity contribution in [2.24, 2.45) is 11.5 Å². The molecule has 2 atom stereocenters. The van der Waals surface area contributed by atoms with Crippen LogP contribution in [0.25, 0.3) is 0 Å². The lowest BCUT2D eigenvalue weighted by atomic mass is 9.98. The number of hydrogen-bond acceptors (Lipinski definition) is 3. The predicted octanol–water partition coefficient (Wildman–Crippen LogP) is 0.896. The van der Waals surface area contributed by atoms with E-state index in [1.54, 1.807) is 0 Å². The lowest BCUT2D eigenvalue weighted by Gasteiger charge is -2.26. The Morgan fingerprint density at radius 2 is 2.11 bits per heavy atom. The van der Waals surface area contributed by atoms with Gasteiger partial charge in [0, 0.05) is 12.6 Å². The first-order chi connectivity index (χ1) is 9.01. The van der Waals surface area contributed by atoms with E-state index in [9.17, 15) is 4.79 Å². The van der Waals surface area contributed by atoms with Gasteiger partial charge in [-0.2, -0.15) is 0 Å². The zero-order chi connectivity index (χ0) is 13.9. The van der Waals surface area contributed by atoms with Crippen LogP contribution in [-0.2, 0) is 11.2 Å². The average Bonchev–Trinajstić information content (AvgIpc) is 2.81. The topological polar surface area (TPSA) is 72.3 Å². The minimum atomic E-state index is -0.800. The van der Waals surface area contributed by atoms with Crippen molar-refractivity contribution in [2.45, 2.75) is 37.3 Å². The Bertz CT molecular complexity index is 434. The molecule has 1 aromatic carbocycles. The van der Waals surface area contributed by atoms with Crippen molar-refractivity contribution >= 4 is 5.91 Å². The van der Waals surface area contributed by atoms with Gasteiger partial charge in [0.1, 0.15) is 0 Å². The van der Waals surface area contributed by atoms with Gasteiger partial charge in [-0.3, -0.25) is 4.79 Å². The third-order valence-electron chi connectivity index (χ3n) is 4.23. The summed E-state index contributed by atoms with van der Waals surface area (Å²) in [6.07, 6.45) is 3.34. The zero-order valence-corrected chi connectivity index (χ0v) is 11.5. The first-order valence-corrected chi connectivity index (χ1v) is 6.84. The van der Waals surface area contributed by atoms with E-state index in [-0.39, 0.29) is 5.91 Å². The number of hydrogen-bond donors (Lipinski definition) is 2. The van der Waals surface area contributed by atoms with Crippen LogP contribution in [0.15, 0.2) is 30.3 Å². The Hall–Kier alpha value is -1.39. The number of rotatable bonds is 5. The van der Waals surface area contributed by atoms with E-state index in [1.807, 2.05) is 6.07 Å². The Balaban J connectivity index is 1.85. The molecule has 0 radical (unpaired) electrons. The van der Waals surface area contributed by atoms with E-state index in [1.165, 1.54) is 5.56 Å². The standard InChI is InChI=1S/C15H23N3O/c1-18(10-8-12-5-3-2-4-6-12)13-7-9-15(17,11-13)14(16)19/h2-6,13H,7-11,17H2,1H3,(H2,16,19). The highest BCUT2D eigenvalue weighted by Gasteiger charge is 2.41. The van der Waals surface area contributed by atoms with E-state index in [2.05, 4.69) is 36.2 Å². The SMILES string of the molecule is CN(CCc1ccccc1)C1CCC(N)(C(N)=O)C1. The summed E-state index contributed by atoms with van der Waals surface area (Å²) in [5.41, 5.74) is 11.9. The number of likely N-dealkylation sites (N-methyl/N-ethyl adjacent to an activating group) is 1. The van der Waals surface area contributed by atoms with E-state index < -0.39 is 5.54 Å². The largest absolute Gasteiger partial charge is 0.368 e. The number of primary amides is 1. The zero-order valence-electron chi connectivity index (χ0n) is 11.5. The molecule has 1 aromatic rings. The maximum Gasteiger partial charge on any atom is 0.237 e. The van der Waals surface area contributed by atoms with Crippen molar-refractivity contribution in [2.75, 3.05) is 13.6 Å². The van der Waals surface area contributed by atoms with Crippen LogP contribution >= 0.6 is 0 Å². The minimum Gasteiger partial charge on any atom is -0.368 e. The second-order valence-electron chi connectivity index (χ2n) is 5.63. The Morgan fingerprint density at radius 3 is 2.68 bits per heavy atom. The van der Waals surface area contributed by atoms with E-state index in [0.717, 1.165) is 19.4 Å². The molecule has 0 spiro atoms. The molecule has 2 unspecified atom stereocenters. The number of amides is 1. The van der Waals surface area contributed by atoms with Gasteiger partial charge in [0.2, 0.25) is 5.91 Å². The van der Waals surface area contributed by atoms with Crippen molar-refractivity contribution in [3.8, 4) is 0 Å². The monoisotopic (exact) mass is 261 g/mol. The van der Waals surface area contributed by atoms with Crippen LogP contribution in [0.1, 0.15) is 24.8 Å². The Morgan fingerprint density at radius 1 is 1.42 bits per heavy atom. The van der Waals surface area contributed by atoms with Crippen LogP contribution in [-0.4, -0.2) is 36.0 Å². The van der Waals surface area contributed by atoms with Crippen molar-refractivity contribution in [1.82, 2.24) is 4.90 Å². The van der Waals surface area contributed by atoms with Crippen LogP contribution in [0.4, 0.5) is 0 Å². The lowest BCUT2D eigenvalue weighted by molar-refractivity contribution is -0.123. The summed E-state index contributed by atoms with van der Waals surface area (Å²) in [5.74, 6) is -0.369. The molecular formula is C15H23N3O. The molecule has 0 saturated heterocycles. The molecule has 0 bridgehead atoms. The molecule has 19 heavy (non-hydrogen) atoms. The fraction of sp³-hybridized carbons (Fsp3) is 0.533. The first-order valence-electron chi connectivity index (χ1n) is 6.84. The molecule has 4 heteroatoms. The smallest absolute Gasteiger partial charge is 0.237 e. The van der Waals surface area contributed by atoms with Gasteiger partial charge in [-0.25, -0.2) is 0 Å². The molecule has 1 amide bonds. The summed E-state index contributed by atoms with van der Waals surface area (Å²) in [6, 6.07) is 10.8. The summed E-state index contributed by atoms with van der Waals surface area (Å²) in [7, 11) is 2.10. The molecular weight excluding hydrogens is 238 g/mol. The number of nitrogens with zero attached hydrogens (tertiary/aromatic N) is 1. The summed E-state index contributed by atoms with van der Waals surface area (Å²) >= 11 is 0. The normalized spacial score (nSPS) is 26.8. The third-order valence-corrected chi connectivity index (χ3v) is 4.23. The maximum atomic E-state index is 11.3. The molecule has 1 saturated carbocycles. The van der Waals surface area contributed by atoms with E-state index in [0.29, 0.717) is 18.9 Å². The highest BCUT2D eigenvalue weighted by molar-refractivity contribution is 5.84. The Kier molecular flexibility index (Phi) is 4.22. The van der Waals surface area contributed by atoms with Crippen molar-refractivity contribution < 1.29 is 4.79 Å². The molecule has 1 fully saturated rings. The fourth-order valence-corrected chi connectivity index (χ4v) is 2.78. The van der Waals surface area contributed by atoms with Crippen LogP contribution in [0.3, 0.4) is 0 Å². The number of nitrogens with two attached hydrogens (primary N) is 2. The third kappa shape index (κ3) is 3.33. The molecule has 1 aliphatic carbocycles. The minimum absolute atomic E-state index is 0.362. The fourth-order valence-electron chi connectivity index (χ4n) is 2.78. The summed E-state index contributed by atoms with van der Waals surface area (Å²) in [4.78, 5) is 13.6. The van der Waals surface area contributed by atoms with Gasteiger partial charge in [-0.05, 0) is 38.3 Å². The second-order valence-corrected chi connectivity index (χ2v) is 5.63. The molecule has 4 nitrogen and oxygen atoms in total. The first kappa shape index (κ1) is 14.0. The van der Waals surface area contributed by atoms with E-state index in [4.69, 9.17) is 11.5 Å². The van der Waals surface area contributed by atoms with Crippen LogP contribution < -0.4 is 11.5 Å². The number of benzene rings is 1. The van der Waals surface area contributed by atoms with Gasteiger partial charge in [0.25, 0.3) is 0 Å². The number of carbonyl (C=O) groups is 1. The number of carbonyl (C=O) groups excluding carboxylic acids is 1. The molecule has 0 heterocycles. The highest BCUT2D eigenvalue weighted by atomic mass is 16.1. The molecule has 104 valence electrons. The lowest BCUT2D eigenvalue weighted by Crippen LogP contribution is -2.51. The van der Waals surface area contributed by atoms with Crippen molar-refractivity contribution in [3.63, 3.8) is 0 Å². The van der Waals surface area contributed by atoms with Crippen LogP contribution in [0, 0.1) is 0 Å². The Labute approximate surface area is 114 Å².